The standard InChI is InChI=1S/C17H21F3N2O3/c18-17(19,20)16-10-22(7-8-23-16)12-3-5-21(6-4-12)13-1-2-14-15(9-13)25-11-24-14/h1-2,9,12,16H,3-8,10-11H2/t16-/m1/s1. The molecule has 0 aromatic heterocycles. The molecule has 0 radical (unpaired) electrons. The molecule has 1 atom stereocenters. The van der Waals surface area contributed by atoms with E-state index in [1.807, 2.05) is 23.1 Å². The maximum Gasteiger partial charge on any atom is 0.415 e. The largest absolute Gasteiger partial charge is 0.454 e. The molecule has 3 heterocycles. The van der Waals surface area contributed by atoms with E-state index in [0.717, 1.165) is 43.1 Å². The number of hydrogen-bond acceptors (Lipinski definition) is 5. The third kappa shape index (κ3) is 3.50. The maximum atomic E-state index is 12.9. The van der Waals surface area contributed by atoms with E-state index >= 15 is 0 Å². The molecule has 0 saturated carbocycles. The maximum absolute atomic E-state index is 12.9. The van der Waals surface area contributed by atoms with E-state index in [2.05, 4.69) is 4.90 Å². The second-order valence-corrected chi connectivity index (χ2v) is 6.65. The molecule has 2 saturated heterocycles. The lowest BCUT2D eigenvalue weighted by Gasteiger charge is -2.43. The van der Waals surface area contributed by atoms with Gasteiger partial charge in [-0.15, -0.1) is 0 Å². The number of morpholine rings is 1. The Hall–Kier alpha value is -1.67. The molecule has 25 heavy (non-hydrogen) atoms. The van der Waals surface area contributed by atoms with Crippen molar-refractivity contribution >= 4 is 5.69 Å². The number of ether oxygens (including phenoxy) is 3. The lowest BCUT2D eigenvalue weighted by molar-refractivity contribution is -0.239. The van der Waals surface area contributed by atoms with Gasteiger partial charge in [0, 0.05) is 44.0 Å². The number of nitrogens with zero attached hydrogens (tertiary/aromatic N) is 2. The highest BCUT2D eigenvalue weighted by Gasteiger charge is 2.44. The van der Waals surface area contributed by atoms with Crippen molar-refractivity contribution in [3.05, 3.63) is 18.2 Å². The van der Waals surface area contributed by atoms with Crippen molar-refractivity contribution in [3.63, 3.8) is 0 Å². The van der Waals surface area contributed by atoms with Crippen LogP contribution in [0.2, 0.25) is 0 Å². The summed E-state index contributed by atoms with van der Waals surface area (Å²) in [5, 5.41) is 0. The monoisotopic (exact) mass is 358 g/mol. The first-order valence-electron chi connectivity index (χ1n) is 8.58. The van der Waals surface area contributed by atoms with Crippen LogP contribution in [0.15, 0.2) is 18.2 Å². The molecule has 0 spiro atoms. The van der Waals surface area contributed by atoms with Crippen molar-refractivity contribution in [1.82, 2.24) is 4.90 Å². The third-order valence-corrected chi connectivity index (χ3v) is 5.17. The van der Waals surface area contributed by atoms with Crippen LogP contribution in [0.25, 0.3) is 0 Å². The summed E-state index contributed by atoms with van der Waals surface area (Å²) in [6.45, 7) is 2.54. The molecule has 8 heteroatoms. The number of rotatable bonds is 2. The third-order valence-electron chi connectivity index (χ3n) is 5.17. The molecule has 0 amide bonds. The Labute approximate surface area is 144 Å². The van der Waals surface area contributed by atoms with Gasteiger partial charge in [0.25, 0.3) is 0 Å². The van der Waals surface area contributed by atoms with Crippen molar-refractivity contribution in [2.24, 2.45) is 0 Å². The SMILES string of the molecule is FC(F)(F)[C@H]1CN(C2CCN(c3ccc4c(c3)OCO4)CC2)CCO1. The van der Waals surface area contributed by atoms with Crippen LogP contribution < -0.4 is 14.4 Å². The summed E-state index contributed by atoms with van der Waals surface area (Å²) in [6, 6.07) is 6.05. The quantitative estimate of drug-likeness (QED) is 0.812. The lowest BCUT2D eigenvalue weighted by atomic mass is 10.0. The van der Waals surface area contributed by atoms with E-state index in [1.165, 1.54) is 0 Å². The molecule has 0 unspecified atom stereocenters. The molecule has 5 nitrogen and oxygen atoms in total. The zero-order valence-corrected chi connectivity index (χ0v) is 13.8. The summed E-state index contributed by atoms with van der Waals surface area (Å²) >= 11 is 0. The molecular formula is C17H21F3N2O3. The fourth-order valence-electron chi connectivity index (χ4n) is 3.77. The minimum atomic E-state index is -4.29. The highest BCUT2D eigenvalue weighted by Crippen LogP contribution is 2.36. The van der Waals surface area contributed by atoms with Gasteiger partial charge >= 0.3 is 6.18 Å². The Balaban J connectivity index is 1.35. The zero-order valence-electron chi connectivity index (χ0n) is 13.8. The van der Waals surface area contributed by atoms with E-state index < -0.39 is 12.3 Å². The van der Waals surface area contributed by atoms with E-state index in [-0.39, 0.29) is 26.0 Å². The summed E-state index contributed by atoms with van der Waals surface area (Å²) in [5.41, 5.74) is 1.07. The van der Waals surface area contributed by atoms with E-state index in [9.17, 15) is 13.2 Å². The fraction of sp³-hybridized carbons (Fsp3) is 0.647. The number of piperidine rings is 1. The highest BCUT2D eigenvalue weighted by molar-refractivity contribution is 5.57. The van der Waals surface area contributed by atoms with Gasteiger partial charge in [-0.05, 0) is 25.0 Å². The Kier molecular flexibility index (Phi) is 4.41. The minimum absolute atomic E-state index is 0.0574. The van der Waals surface area contributed by atoms with Crippen LogP contribution in [0.3, 0.4) is 0 Å². The molecule has 2 fully saturated rings. The second-order valence-electron chi connectivity index (χ2n) is 6.65. The number of halogens is 3. The molecule has 3 aliphatic rings. The Morgan fingerprint density at radius 2 is 1.76 bits per heavy atom. The molecule has 1 aromatic carbocycles. The van der Waals surface area contributed by atoms with Gasteiger partial charge in [-0.25, -0.2) is 0 Å². The van der Waals surface area contributed by atoms with Crippen molar-refractivity contribution in [1.29, 1.82) is 0 Å². The number of fused-ring (bicyclic) bond motifs is 1. The van der Waals surface area contributed by atoms with Crippen molar-refractivity contribution in [3.8, 4) is 11.5 Å². The van der Waals surface area contributed by atoms with Gasteiger partial charge in [0.05, 0.1) is 6.61 Å². The molecule has 0 N–H and O–H groups in total. The fourth-order valence-corrected chi connectivity index (χ4v) is 3.77. The first kappa shape index (κ1) is 16.8. The summed E-state index contributed by atoms with van der Waals surface area (Å²) in [6.07, 6.45) is -4.25. The van der Waals surface area contributed by atoms with Crippen LogP contribution in [0.1, 0.15) is 12.8 Å². The molecule has 0 bridgehead atoms. The smallest absolute Gasteiger partial charge is 0.415 e. The Morgan fingerprint density at radius 1 is 1.00 bits per heavy atom. The van der Waals surface area contributed by atoms with Crippen LogP contribution in [0.4, 0.5) is 18.9 Å². The zero-order chi connectivity index (χ0) is 17.4. The van der Waals surface area contributed by atoms with Gasteiger partial charge in [0.2, 0.25) is 6.79 Å². The average Bonchev–Trinajstić information content (AvgIpc) is 3.09. The average molecular weight is 358 g/mol. The number of benzene rings is 1. The molecule has 0 aliphatic carbocycles. The normalized spacial score (nSPS) is 25.4. The number of hydrogen-bond donors (Lipinski definition) is 0. The summed E-state index contributed by atoms with van der Waals surface area (Å²) < 4.78 is 54.3. The van der Waals surface area contributed by atoms with Crippen molar-refractivity contribution in [2.75, 3.05) is 44.5 Å². The predicted molar refractivity (Wildman–Crippen MR) is 85.2 cm³/mol. The van der Waals surface area contributed by atoms with Gasteiger partial charge in [0.1, 0.15) is 0 Å². The van der Waals surface area contributed by atoms with Gasteiger partial charge in [-0.3, -0.25) is 4.90 Å². The first-order valence-corrected chi connectivity index (χ1v) is 8.58. The van der Waals surface area contributed by atoms with E-state index in [1.54, 1.807) is 0 Å². The topological polar surface area (TPSA) is 34.2 Å². The van der Waals surface area contributed by atoms with Crippen LogP contribution in [0.5, 0.6) is 11.5 Å². The van der Waals surface area contributed by atoms with Crippen LogP contribution in [-0.4, -0.2) is 62.8 Å². The minimum Gasteiger partial charge on any atom is -0.454 e. The molecule has 3 aliphatic heterocycles. The Morgan fingerprint density at radius 3 is 2.52 bits per heavy atom. The lowest BCUT2D eigenvalue weighted by Crippen LogP contribution is -2.54. The summed E-state index contributed by atoms with van der Waals surface area (Å²) in [5.74, 6) is 1.51. The van der Waals surface area contributed by atoms with Gasteiger partial charge in [0.15, 0.2) is 17.6 Å². The molecule has 138 valence electrons. The van der Waals surface area contributed by atoms with Crippen molar-refractivity contribution in [2.45, 2.75) is 31.2 Å². The summed E-state index contributed by atoms with van der Waals surface area (Å²) in [7, 11) is 0. The summed E-state index contributed by atoms with van der Waals surface area (Å²) in [4.78, 5) is 4.19. The van der Waals surface area contributed by atoms with E-state index in [0.29, 0.717) is 6.54 Å². The van der Waals surface area contributed by atoms with Gasteiger partial charge < -0.3 is 19.1 Å². The van der Waals surface area contributed by atoms with Crippen molar-refractivity contribution < 1.29 is 27.4 Å². The highest BCUT2D eigenvalue weighted by atomic mass is 19.4. The van der Waals surface area contributed by atoms with Crippen LogP contribution in [-0.2, 0) is 4.74 Å². The molecule has 1 aromatic rings. The first-order chi connectivity index (χ1) is 12.0. The van der Waals surface area contributed by atoms with Crippen LogP contribution in [0, 0.1) is 0 Å². The number of anilines is 1. The van der Waals surface area contributed by atoms with E-state index in [4.69, 9.17) is 14.2 Å². The number of alkyl halides is 3. The van der Waals surface area contributed by atoms with Gasteiger partial charge in [-0.2, -0.15) is 13.2 Å². The predicted octanol–water partition coefficient (Wildman–Crippen LogP) is 2.65. The van der Waals surface area contributed by atoms with Gasteiger partial charge in [-0.1, -0.05) is 0 Å². The Bertz CT molecular complexity index is 618. The molecule has 4 rings (SSSR count). The molecular weight excluding hydrogens is 337 g/mol. The second kappa shape index (κ2) is 6.57. The van der Waals surface area contributed by atoms with Crippen LogP contribution >= 0.6 is 0 Å².